The van der Waals surface area contributed by atoms with Gasteiger partial charge < -0.3 is 4.42 Å². The Labute approximate surface area is 134 Å². The first-order chi connectivity index (χ1) is 11.1. The number of aromatic nitrogens is 5. The average molecular weight is 312 g/mol. The molecule has 0 atom stereocenters. The lowest BCUT2D eigenvalue weighted by atomic mass is 10.1. The minimum Gasteiger partial charge on any atom is -0.419 e. The zero-order valence-corrected chi connectivity index (χ0v) is 13.6. The van der Waals surface area contributed by atoms with Crippen LogP contribution in [0.2, 0.25) is 0 Å². The summed E-state index contributed by atoms with van der Waals surface area (Å²) in [6.07, 6.45) is 4.37. The molecule has 3 heterocycles. The Hall–Kier alpha value is -2.54. The number of H-pyrrole nitrogens is 1. The van der Waals surface area contributed by atoms with E-state index < -0.39 is 0 Å². The van der Waals surface area contributed by atoms with E-state index in [4.69, 9.17) is 4.42 Å². The molecule has 0 bridgehead atoms. The molecule has 0 aliphatic heterocycles. The van der Waals surface area contributed by atoms with E-state index in [1.807, 2.05) is 33.0 Å². The van der Waals surface area contributed by atoms with Gasteiger partial charge in [-0.2, -0.15) is 5.10 Å². The lowest BCUT2D eigenvalue weighted by Crippen LogP contribution is -2.21. The van der Waals surface area contributed by atoms with Gasteiger partial charge in [0.25, 0.3) is 0 Å². The number of hydrogen-bond donors (Lipinski definition) is 1. The monoisotopic (exact) mass is 312 g/mol. The summed E-state index contributed by atoms with van der Waals surface area (Å²) in [5, 5.41) is 15.4. The summed E-state index contributed by atoms with van der Waals surface area (Å²) >= 11 is 0. The molecular formula is C16H20N6O. The van der Waals surface area contributed by atoms with Gasteiger partial charge in [-0.1, -0.05) is 0 Å². The largest absolute Gasteiger partial charge is 0.419 e. The quantitative estimate of drug-likeness (QED) is 0.751. The minimum absolute atomic E-state index is 0.503. The molecule has 7 nitrogen and oxygen atoms in total. The molecule has 0 radical (unpaired) electrons. The summed E-state index contributed by atoms with van der Waals surface area (Å²) in [7, 11) is 2.04. The van der Waals surface area contributed by atoms with Crippen LogP contribution in [0.15, 0.2) is 28.9 Å². The molecule has 3 rings (SSSR count). The number of rotatable bonds is 6. The Kier molecular flexibility index (Phi) is 4.47. The second kappa shape index (κ2) is 6.70. The van der Waals surface area contributed by atoms with E-state index in [1.165, 1.54) is 5.56 Å². The molecule has 0 aromatic carbocycles. The van der Waals surface area contributed by atoms with Crippen molar-refractivity contribution in [2.45, 2.75) is 26.8 Å². The molecule has 3 aromatic rings. The van der Waals surface area contributed by atoms with Crippen LogP contribution < -0.4 is 0 Å². The number of aryl methyl sites for hydroxylation is 2. The van der Waals surface area contributed by atoms with E-state index in [1.54, 1.807) is 12.4 Å². The van der Waals surface area contributed by atoms with Gasteiger partial charge in [0, 0.05) is 24.6 Å². The standard InChI is InChI=1S/C16H20N6O/c1-11-14(12(2)19-18-11)6-8-22(3)10-15-20-21-16(23-15)13-5-4-7-17-9-13/h4-5,7,9H,6,8,10H2,1-3H3,(H,18,19). The van der Waals surface area contributed by atoms with Crippen LogP contribution in [0.25, 0.3) is 11.5 Å². The highest BCUT2D eigenvalue weighted by molar-refractivity contribution is 5.49. The molecule has 0 saturated carbocycles. The first-order valence-electron chi connectivity index (χ1n) is 7.55. The maximum Gasteiger partial charge on any atom is 0.249 e. The number of likely N-dealkylation sites (N-methyl/N-ethyl adjacent to an activating group) is 1. The van der Waals surface area contributed by atoms with E-state index in [0.717, 1.165) is 29.9 Å². The first kappa shape index (κ1) is 15.4. The summed E-state index contributed by atoms with van der Waals surface area (Å²) in [5.74, 6) is 1.11. The fourth-order valence-electron chi connectivity index (χ4n) is 2.48. The van der Waals surface area contributed by atoms with Gasteiger partial charge in [-0.15, -0.1) is 10.2 Å². The third-order valence-electron chi connectivity index (χ3n) is 3.80. The molecule has 23 heavy (non-hydrogen) atoms. The maximum atomic E-state index is 5.70. The van der Waals surface area contributed by atoms with E-state index in [0.29, 0.717) is 18.3 Å². The maximum absolute atomic E-state index is 5.70. The van der Waals surface area contributed by atoms with Crippen molar-refractivity contribution >= 4 is 0 Å². The summed E-state index contributed by atoms with van der Waals surface area (Å²) in [4.78, 5) is 6.22. The average Bonchev–Trinajstić information content (AvgIpc) is 3.14. The van der Waals surface area contributed by atoms with Crippen LogP contribution >= 0.6 is 0 Å². The molecular weight excluding hydrogens is 292 g/mol. The molecule has 0 aliphatic rings. The van der Waals surface area contributed by atoms with Crippen molar-refractivity contribution in [2.75, 3.05) is 13.6 Å². The lowest BCUT2D eigenvalue weighted by molar-refractivity contribution is 0.293. The zero-order valence-electron chi connectivity index (χ0n) is 13.6. The van der Waals surface area contributed by atoms with Crippen molar-refractivity contribution in [3.8, 4) is 11.5 Å². The van der Waals surface area contributed by atoms with Crippen LogP contribution in [0.5, 0.6) is 0 Å². The smallest absolute Gasteiger partial charge is 0.249 e. The Morgan fingerprint density at radius 2 is 2.13 bits per heavy atom. The van der Waals surface area contributed by atoms with E-state index in [9.17, 15) is 0 Å². The Morgan fingerprint density at radius 1 is 1.26 bits per heavy atom. The molecule has 0 aliphatic carbocycles. The van der Waals surface area contributed by atoms with Crippen LogP contribution in [0, 0.1) is 13.8 Å². The number of hydrogen-bond acceptors (Lipinski definition) is 6. The van der Waals surface area contributed by atoms with Gasteiger partial charge in [-0.25, -0.2) is 0 Å². The van der Waals surface area contributed by atoms with Gasteiger partial charge in [0.05, 0.1) is 17.8 Å². The van der Waals surface area contributed by atoms with Crippen molar-refractivity contribution in [2.24, 2.45) is 0 Å². The van der Waals surface area contributed by atoms with Gasteiger partial charge in [0.15, 0.2) is 0 Å². The topological polar surface area (TPSA) is 83.7 Å². The third-order valence-corrected chi connectivity index (χ3v) is 3.80. The second-order valence-corrected chi connectivity index (χ2v) is 5.64. The summed E-state index contributed by atoms with van der Waals surface area (Å²) in [5.41, 5.74) is 4.30. The fourth-order valence-corrected chi connectivity index (χ4v) is 2.48. The number of nitrogens with one attached hydrogen (secondary N) is 1. The highest BCUT2D eigenvalue weighted by Gasteiger charge is 2.12. The zero-order chi connectivity index (χ0) is 16.2. The normalized spacial score (nSPS) is 11.3. The lowest BCUT2D eigenvalue weighted by Gasteiger charge is -2.14. The van der Waals surface area contributed by atoms with Crippen molar-refractivity contribution in [3.05, 3.63) is 47.4 Å². The number of aromatic amines is 1. The third kappa shape index (κ3) is 3.62. The van der Waals surface area contributed by atoms with Crippen LogP contribution in [-0.4, -0.2) is 43.9 Å². The molecule has 7 heteroatoms. The van der Waals surface area contributed by atoms with Crippen molar-refractivity contribution in [3.63, 3.8) is 0 Å². The Morgan fingerprint density at radius 3 is 2.83 bits per heavy atom. The molecule has 0 saturated heterocycles. The van der Waals surface area contributed by atoms with Gasteiger partial charge in [-0.05, 0) is 45.0 Å². The highest BCUT2D eigenvalue weighted by atomic mass is 16.4. The predicted molar refractivity (Wildman–Crippen MR) is 85.6 cm³/mol. The molecule has 0 amide bonds. The predicted octanol–water partition coefficient (Wildman–Crippen LogP) is 2.15. The van der Waals surface area contributed by atoms with E-state index >= 15 is 0 Å². The first-order valence-corrected chi connectivity index (χ1v) is 7.55. The minimum atomic E-state index is 0.503. The van der Waals surface area contributed by atoms with Crippen molar-refractivity contribution < 1.29 is 4.42 Å². The Balaban J connectivity index is 1.58. The second-order valence-electron chi connectivity index (χ2n) is 5.64. The van der Waals surface area contributed by atoms with Crippen LogP contribution in [0.4, 0.5) is 0 Å². The summed E-state index contributed by atoms with van der Waals surface area (Å²) in [6, 6.07) is 3.75. The highest BCUT2D eigenvalue weighted by Crippen LogP contribution is 2.17. The molecule has 3 aromatic heterocycles. The summed E-state index contributed by atoms with van der Waals surface area (Å²) in [6.45, 7) is 5.58. The summed E-state index contributed by atoms with van der Waals surface area (Å²) < 4.78 is 5.70. The van der Waals surface area contributed by atoms with Crippen LogP contribution in [0.1, 0.15) is 22.8 Å². The molecule has 0 spiro atoms. The molecule has 1 N–H and O–H groups in total. The van der Waals surface area contributed by atoms with Gasteiger partial charge in [0.1, 0.15) is 0 Å². The number of pyridine rings is 1. The van der Waals surface area contributed by atoms with Gasteiger partial charge in [-0.3, -0.25) is 15.0 Å². The van der Waals surface area contributed by atoms with E-state index in [2.05, 4.69) is 30.3 Å². The van der Waals surface area contributed by atoms with Crippen LogP contribution in [0.3, 0.4) is 0 Å². The fraction of sp³-hybridized carbons (Fsp3) is 0.375. The van der Waals surface area contributed by atoms with E-state index in [-0.39, 0.29) is 0 Å². The van der Waals surface area contributed by atoms with Gasteiger partial charge in [0.2, 0.25) is 11.8 Å². The Bertz CT molecular complexity index is 744. The van der Waals surface area contributed by atoms with Crippen LogP contribution in [-0.2, 0) is 13.0 Å². The van der Waals surface area contributed by atoms with Crippen molar-refractivity contribution in [1.29, 1.82) is 0 Å². The SMILES string of the molecule is Cc1n[nH]c(C)c1CCN(C)Cc1nnc(-c2cccnc2)o1. The number of nitrogens with zero attached hydrogens (tertiary/aromatic N) is 5. The van der Waals surface area contributed by atoms with Crippen molar-refractivity contribution in [1.82, 2.24) is 30.3 Å². The molecule has 0 fully saturated rings. The molecule has 0 unspecified atom stereocenters. The molecule has 120 valence electrons. The van der Waals surface area contributed by atoms with Gasteiger partial charge >= 0.3 is 0 Å².